The summed E-state index contributed by atoms with van der Waals surface area (Å²) in [5.41, 5.74) is -0.497. The van der Waals surface area contributed by atoms with Gasteiger partial charge in [0.15, 0.2) is 0 Å². The van der Waals surface area contributed by atoms with E-state index in [1.807, 2.05) is 38.1 Å². The van der Waals surface area contributed by atoms with Crippen LogP contribution in [0, 0.1) is 0 Å². The summed E-state index contributed by atoms with van der Waals surface area (Å²) in [7, 11) is 0. The van der Waals surface area contributed by atoms with Gasteiger partial charge < -0.3 is 9.84 Å². The van der Waals surface area contributed by atoms with Crippen LogP contribution in [0.15, 0.2) is 39.0 Å². The summed E-state index contributed by atoms with van der Waals surface area (Å²) in [5, 5.41) is 16.3. The first-order valence-electron chi connectivity index (χ1n) is 10.0. The topological polar surface area (TPSA) is 117 Å². The van der Waals surface area contributed by atoms with Crippen molar-refractivity contribution in [2.75, 3.05) is 6.61 Å². The number of hydrogen-bond acceptors (Lipinski definition) is 6. The fourth-order valence-electron chi connectivity index (χ4n) is 3.58. The van der Waals surface area contributed by atoms with Crippen LogP contribution in [0.4, 0.5) is 0 Å². The first kappa shape index (κ1) is 21.4. The molecular weight excluding hydrogens is 388 g/mol. The molecule has 30 heavy (non-hydrogen) atoms. The lowest BCUT2D eigenvalue weighted by Gasteiger charge is -2.22. The minimum Gasteiger partial charge on any atom is -0.494 e. The number of hydrazone groups is 1. The van der Waals surface area contributed by atoms with Gasteiger partial charge in [-0.2, -0.15) is 5.10 Å². The molecule has 1 aliphatic heterocycles. The quantitative estimate of drug-likeness (QED) is 0.720. The SMILES string of the molecule is CCCCn1c(O)c(C2=NN(C(C)=O)[C@H](c3ccccc3OCC)C2)c(=O)[nH]c1=O. The van der Waals surface area contributed by atoms with E-state index < -0.39 is 23.2 Å². The van der Waals surface area contributed by atoms with Gasteiger partial charge in [0.25, 0.3) is 5.56 Å². The molecule has 2 heterocycles. The first-order chi connectivity index (χ1) is 14.4. The van der Waals surface area contributed by atoms with Gasteiger partial charge in [-0.15, -0.1) is 0 Å². The van der Waals surface area contributed by atoms with Crippen molar-refractivity contribution in [1.29, 1.82) is 0 Å². The fraction of sp³-hybridized carbons (Fsp3) is 0.429. The second-order valence-corrected chi connectivity index (χ2v) is 7.06. The van der Waals surface area contributed by atoms with Crippen molar-refractivity contribution in [1.82, 2.24) is 14.6 Å². The lowest BCUT2D eigenvalue weighted by atomic mass is 9.98. The Bertz CT molecular complexity index is 1090. The maximum Gasteiger partial charge on any atom is 0.331 e. The Morgan fingerprint density at radius 3 is 2.70 bits per heavy atom. The molecule has 0 aliphatic carbocycles. The smallest absolute Gasteiger partial charge is 0.331 e. The van der Waals surface area contributed by atoms with Crippen LogP contribution in [0.25, 0.3) is 0 Å². The van der Waals surface area contributed by atoms with E-state index in [9.17, 15) is 19.5 Å². The van der Waals surface area contributed by atoms with E-state index in [1.54, 1.807) is 0 Å². The standard InChI is InChI=1S/C21H26N4O5/c1-4-6-11-24-20(28)18(19(27)22-21(24)29)15-12-16(25(23-15)13(3)26)14-9-7-8-10-17(14)30-5-2/h7-10,16,28H,4-6,11-12H2,1-3H3,(H,22,27,29)/t16-/m0/s1. The lowest BCUT2D eigenvalue weighted by Crippen LogP contribution is -2.33. The number of nitrogens with one attached hydrogen (secondary N) is 1. The van der Waals surface area contributed by atoms with E-state index in [-0.39, 0.29) is 30.1 Å². The molecule has 9 heteroatoms. The predicted molar refractivity (Wildman–Crippen MR) is 112 cm³/mol. The largest absolute Gasteiger partial charge is 0.494 e. The molecule has 0 bridgehead atoms. The Labute approximate surface area is 173 Å². The summed E-state index contributed by atoms with van der Waals surface area (Å²) in [6.07, 6.45) is 1.68. The molecule has 0 unspecified atom stereocenters. The zero-order chi connectivity index (χ0) is 21.8. The maximum atomic E-state index is 12.5. The van der Waals surface area contributed by atoms with Crippen LogP contribution in [0.5, 0.6) is 11.6 Å². The molecule has 160 valence electrons. The van der Waals surface area contributed by atoms with Gasteiger partial charge in [0, 0.05) is 25.5 Å². The normalized spacial score (nSPS) is 15.9. The fourth-order valence-corrected chi connectivity index (χ4v) is 3.58. The van der Waals surface area contributed by atoms with E-state index in [0.717, 1.165) is 16.6 Å². The molecular formula is C21H26N4O5. The molecule has 3 rings (SSSR count). The zero-order valence-corrected chi connectivity index (χ0v) is 17.3. The number of unbranched alkanes of at least 4 members (excludes halogenated alkanes) is 1. The number of amides is 1. The molecule has 9 nitrogen and oxygen atoms in total. The average molecular weight is 414 g/mol. The summed E-state index contributed by atoms with van der Waals surface area (Å²) >= 11 is 0. The monoisotopic (exact) mass is 414 g/mol. The van der Waals surface area contributed by atoms with Gasteiger partial charge in [0.1, 0.15) is 11.3 Å². The zero-order valence-electron chi connectivity index (χ0n) is 17.3. The van der Waals surface area contributed by atoms with Crippen LogP contribution >= 0.6 is 0 Å². The maximum absolute atomic E-state index is 12.5. The number of aromatic hydroxyl groups is 1. The van der Waals surface area contributed by atoms with E-state index in [4.69, 9.17) is 4.74 Å². The number of carbonyl (C=O) groups excluding carboxylic acids is 1. The highest BCUT2D eigenvalue weighted by Gasteiger charge is 2.35. The first-order valence-corrected chi connectivity index (χ1v) is 10.0. The van der Waals surface area contributed by atoms with Crippen LogP contribution in [0.2, 0.25) is 0 Å². The van der Waals surface area contributed by atoms with Crippen molar-refractivity contribution < 1.29 is 14.6 Å². The van der Waals surface area contributed by atoms with Crippen LogP contribution in [0.3, 0.4) is 0 Å². The van der Waals surface area contributed by atoms with Gasteiger partial charge in [0.2, 0.25) is 11.8 Å². The molecule has 0 fully saturated rings. The third-order valence-electron chi connectivity index (χ3n) is 5.01. The van der Waals surface area contributed by atoms with Crippen LogP contribution in [-0.2, 0) is 11.3 Å². The number of carbonyl (C=O) groups is 1. The average Bonchev–Trinajstić information content (AvgIpc) is 3.13. The van der Waals surface area contributed by atoms with Gasteiger partial charge in [-0.3, -0.25) is 19.1 Å². The summed E-state index contributed by atoms with van der Waals surface area (Å²) in [5.74, 6) is -0.117. The van der Waals surface area contributed by atoms with Crippen molar-refractivity contribution in [2.24, 2.45) is 5.10 Å². The van der Waals surface area contributed by atoms with Crippen molar-refractivity contribution in [3.05, 3.63) is 56.2 Å². The number of rotatable bonds is 7. The number of aromatic nitrogens is 2. The summed E-state index contributed by atoms with van der Waals surface area (Å²) in [6.45, 7) is 5.94. The summed E-state index contributed by atoms with van der Waals surface area (Å²) < 4.78 is 6.82. The van der Waals surface area contributed by atoms with E-state index >= 15 is 0 Å². The number of ether oxygens (including phenoxy) is 1. The Balaban J connectivity index is 2.07. The summed E-state index contributed by atoms with van der Waals surface area (Å²) in [4.78, 5) is 39.2. The Morgan fingerprint density at radius 1 is 1.30 bits per heavy atom. The van der Waals surface area contributed by atoms with E-state index in [1.165, 1.54) is 11.9 Å². The number of benzene rings is 1. The minimum atomic E-state index is -0.730. The summed E-state index contributed by atoms with van der Waals surface area (Å²) in [6, 6.07) is 6.84. The Hall–Kier alpha value is -3.36. The molecule has 0 saturated heterocycles. The predicted octanol–water partition coefficient (Wildman–Crippen LogP) is 2.14. The number of hydrogen-bond donors (Lipinski definition) is 2. The molecule has 1 atom stereocenters. The van der Waals surface area contributed by atoms with Gasteiger partial charge in [-0.1, -0.05) is 31.5 Å². The third kappa shape index (κ3) is 4.00. The highest BCUT2D eigenvalue weighted by Crippen LogP contribution is 2.37. The number of nitrogens with zero attached hydrogens (tertiary/aromatic N) is 3. The van der Waals surface area contributed by atoms with Crippen LogP contribution in [0.1, 0.15) is 57.2 Å². The van der Waals surface area contributed by atoms with Gasteiger partial charge in [0.05, 0.1) is 18.4 Å². The highest BCUT2D eigenvalue weighted by atomic mass is 16.5. The second-order valence-electron chi connectivity index (χ2n) is 7.06. The van der Waals surface area contributed by atoms with E-state index in [0.29, 0.717) is 18.8 Å². The van der Waals surface area contributed by atoms with Crippen LogP contribution in [-0.4, -0.2) is 37.9 Å². The number of H-pyrrole nitrogens is 1. The number of para-hydroxylation sites is 1. The molecule has 1 aliphatic rings. The Kier molecular flexibility index (Phi) is 6.39. The lowest BCUT2D eigenvalue weighted by molar-refractivity contribution is -0.130. The number of aromatic amines is 1. The van der Waals surface area contributed by atoms with Crippen molar-refractivity contribution >= 4 is 11.6 Å². The molecule has 2 N–H and O–H groups in total. The highest BCUT2D eigenvalue weighted by molar-refractivity contribution is 6.04. The second kappa shape index (κ2) is 8.98. The van der Waals surface area contributed by atoms with Crippen molar-refractivity contribution in [3.63, 3.8) is 0 Å². The molecule has 0 spiro atoms. The van der Waals surface area contributed by atoms with Gasteiger partial charge >= 0.3 is 5.69 Å². The van der Waals surface area contributed by atoms with Gasteiger partial charge in [-0.05, 0) is 19.4 Å². The molecule has 2 aromatic rings. The molecule has 1 aromatic carbocycles. The van der Waals surface area contributed by atoms with Gasteiger partial charge in [-0.25, -0.2) is 9.80 Å². The third-order valence-corrected chi connectivity index (χ3v) is 5.01. The van der Waals surface area contributed by atoms with Crippen molar-refractivity contribution in [2.45, 2.75) is 52.6 Å². The molecule has 1 aromatic heterocycles. The van der Waals surface area contributed by atoms with Crippen LogP contribution < -0.4 is 16.0 Å². The molecule has 0 saturated carbocycles. The Morgan fingerprint density at radius 2 is 2.03 bits per heavy atom. The van der Waals surface area contributed by atoms with Crippen molar-refractivity contribution in [3.8, 4) is 11.6 Å². The molecule has 0 radical (unpaired) electrons. The molecule has 1 amide bonds. The minimum absolute atomic E-state index is 0.0895. The van der Waals surface area contributed by atoms with E-state index in [2.05, 4.69) is 10.1 Å².